The maximum absolute atomic E-state index is 10.7. The Bertz CT molecular complexity index is 94.7. The first-order valence-corrected chi connectivity index (χ1v) is 3.43. The van der Waals surface area contributed by atoms with E-state index in [-0.39, 0.29) is 0 Å². The van der Waals surface area contributed by atoms with Crippen LogP contribution >= 0.6 is 0 Å². The third-order valence-electron chi connectivity index (χ3n) is 1.26. The number of hydrogen-bond acceptors (Lipinski definition) is 1. The Hall–Kier alpha value is -0.590. The quantitative estimate of drug-likeness (QED) is 0.408. The molecule has 0 aliphatic heterocycles. The first kappa shape index (κ1) is 8.41. The summed E-state index contributed by atoms with van der Waals surface area (Å²) in [5.74, 6) is 0.358. The normalized spacial score (nSPS) is 9.00. The van der Waals surface area contributed by atoms with Crippen LogP contribution in [0.3, 0.4) is 0 Å². The van der Waals surface area contributed by atoms with E-state index in [1.165, 1.54) is 0 Å². The van der Waals surface area contributed by atoms with Crippen LogP contribution in [0, 0.1) is 0 Å². The number of rotatable bonds is 5. The number of hydrogen-bond donors (Lipinski definition) is 0. The SMILES string of the molecule is C=CCCCC(=O)CC. The number of ketones is 1. The molecule has 9 heavy (non-hydrogen) atoms. The second-order valence-corrected chi connectivity index (χ2v) is 2.07. The second kappa shape index (κ2) is 5.54. The standard InChI is InChI=1S/C8H14O/c1-3-5-6-7-8(9)4-2/h3H,1,4-7H2,2H3. The molecule has 0 bridgehead atoms. The molecular formula is C8H14O. The van der Waals surface area contributed by atoms with Crippen molar-refractivity contribution in [1.29, 1.82) is 0 Å². The summed E-state index contributed by atoms with van der Waals surface area (Å²) in [7, 11) is 0. The van der Waals surface area contributed by atoms with Gasteiger partial charge in [-0.05, 0) is 12.8 Å². The van der Waals surface area contributed by atoms with Crippen molar-refractivity contribution in [2.24, 2.45) is 0 Å². The topological polar surface area (TPSA) is 17.1 Å². The van der Waals surface area contributed by atoms with Crippen LogP contribution in [-0.4, -0.2) is 5.78 Å². The van der Waals surface area contributed by atoms with Gasteiger partial charge in [-0.15, -0.1) is 6.58 Å². The molecule has 0 unspecified atom stereocenters. The summed E-state index contributed by atoms with van der Waals surface area (Å²) in [6.07, 6.45) is 5.19. The Labute approximate surface area is 56.8 Å². The average Bonchev–Trinajstić information content (AvgIpc) is 1.89. The highest BCUT2D eigenvalue weighted by atomic mass is 16.1. The van der Waals surface area contributed by atoms with E-state index < -0.39 is 0 Å². The molecule has 0 amide bonds. The van der Waals surface area contributed by atoms with Gasteiger partial charge in [-0.3, -0.25) is 4.79 Å². The lowest BCUT2D eigenvalue weighted by Crippen LogP contribution is -1.92. The smallest absolute Gasteiger partial charge is 0.132 e. The minimum atomic E-state index is 0.358. The van der Waals surface area contributed by atoms with Gasteiger partial charge in [0.25, 0.3) is 0 Å². The molecule has 0 rings (SSSR count). The molecular weight excluding hydrogens is 112 g/mol. The molecule has 0 N–H and O–H groups in total. The van der Waals surface area contributed by atoms with Crippen molar-refractivity contribution in [2.75, 3.05) is 0 Å². The van der Waals surface area contributed by atoms with Crippen LogP contribution in [0.2, 0.25) is 0 Å². The van der Waals surface area contributed by atoms with E-state index in [9.17, 15) is 4.79 Å². The maximum atomic E-state index is 10.7. The van der Waals surface area contributed by atoms with Gasteiger partial charge in [0.05, 0.1) is 0 Å². The van der Waals surface area contributed by atoms with Gasteiger partial charge in [-0.1, -0.05) is 13.0 Å². The maximum Gasteiger partial charge on any atom is 0.132 e. The third kappa shape index (κ3) is 5.28. The molecule has 0 fully saturated rings. The summed E-state index contributed by atoms with van der Waals surface area (Å²) >= 11 is 0. The van der Waals surface area contributed by atoms with E-state index in [0.717, 1.165) is 19.3 Å². The predicted octanol–water partition coefficient (Wildman–Crippen LogP) is 2.32. The molecule has 0 aliphatic rings. The van der Waals surface area contributed by atoms with Gasteiger partial charge in [0, 0.05) is 12.8 Å². The molecule has 0 aromatic carbocycles. The highest BCUT2D eigenvalue weighted by Gasteiger charge is 1.94. The molecule has 0 aromatic rings. The zero-order chi connectivity index (χ0) is 7.11. The Balaban J connectivity index is 3.06. The highest BCUT2D eigenvalue weighted by molar-refractivity contribution is 5.77. The molecule has 0 saturated carbocycles. The molecule has 0 radical (unpaired) electrons. The van der Waals surface area contributed by atoms with Gasteiger partial charge in [0.2, 0.25) is 0 Å². The van der Waals surface area contributed by atoms with Crippen molar-refractivity contribution in [3.05, 3.63) is 12.7 Å². The minimum absolute atomic E-state index is 0.358. The summed E-state index contributed by atoms with van der Waals surface area (Å²) in [6, 6.07) is 0. The van der Waals surface area contributed by atoms with Gasteiger partial charge in [0.15, 0.2) is 0 Å². The Kier molecular flexibility index (Phi) is 5.18. The summed E-state index contributed by atoms with van der Waals surface area (Å²) in [5, 5.41) is 0. The van der Waals surface area contributed by atoms with Crippen LogP contribution in [0.15, 0.2) is 12.7 Å². The summed E-state index contributed by atoms with van der Waals surface area (Å²) < 4.78 is 0. The van der Waals surface area contributed by atoms with Crippen molar-refractivity contribution in [3.8, 4) is 0 Å². The lowest BCUT2D eigenvalue weighted by Gasteiger charge is -1.92. The van der Waals surface area contributed by atoms with Crippen molar-refractivity contribution in [1.82, 2.24) is 0 Å². The molecule has 0 aliphatic carbocycles. The van der Waals surface area contributed by atoms with E-state index in [1.54, 1.807) is 0 Å². The Morgan fingerprint density at radius 2 is 2.33 bits per heavy atom. The fraction of sp³-hybridized carbons (Fsp3) is 0.625. The van der Waals surface area contributed by atoms with Gasteiger partial charge in [0.1, 0.15) is 5.78 Å². The number of Topliss-reactive ketones (excluding diaryl/α,β-unsaturated/α-hetero) is 1. The number of allylic oxidation sites excluding steroid dienone is 1. The van der Waals surface area contributed by atoms with E-state index in [2.05, 4.69) is 6.58 Å². The van der Waals surface area contributed by atoms with Crippen LogP contribution < -0.4 is 0 Å². The predicted molar refractivity (Wildman–Crippen MR) is 39.3 cm³/mol. The number of carbonyl (C=O) groups is 1. The lowest BCUT2D eigenvalue weighted by atomic mass is 10.1. The van der Waals surface area contributed by atoms with Crippen molar-refractivity contribution < 1.29 is 4.79 Å². The largest absolute Gasteiger partial charge is 0.300 e. The molecule has 0 heterocycles. The monoisotopic (exact) mass is 126 g/mol. The third-order valence-corrected chi connectivity index (χ3v) is 1.26. The van der Waals surface area contributed by atoms with Crippen LogP contribution in [-0.2, 0) is 4.79 Å². The van der Waals surface area contributed by atoms with Crippen LogP contribution in [0.5, 0.6) is 0 Å². The Morgan fingerprint density at radius 1 is 1.67 bits per heavy atom. The van der Waals surface area contributed by atoms with E-state index in [0.29, 0.717) is 12.2 Å². The van der Waals surface area contributed by atoms with E-state index >= 15 is 0 Å². The zero-order valence-electron chi connectivity index (χ0n) is 6.02. The first-order chi connectivity index (χ1) is 4.31. The zero-order valence-corrected chi connectivity index (χ0v) is 6.02. The fourth-order valence-corrected chi connectivity index (χ4v) is 0.620. The number of unbranched alkanes of at least 4 members (excludes halogenated alkanes) is 1. The average molecular weight is 126 g/mol. The summed E-state index contributed by atoms with van der Waals surface area (Å²) in [5.41, 5.74) is 0. The minimum Gasteiger partial charge on any atom is -0.300 e. The summed E-state index contributed by atoms with van der Waals surface area (Å²) in [4.78, 5) is 10.7. The van der Waals surface area contributed by atoms with E-state index in [1.807, 2.05) is 13.0 Å². The van der Waals surface area contributed by atoms with E-state index in [4.69, 9.17) is 0 Å². The van der Waals surface area contributed by atoms with Crippen LogP contribution in [0.1, 0.15) is 32.6 Å². The Morgan fingerprint density at radius 3 is 2.78 bits per heavy atom. The van der Waals surface area contributed by atoms with Gasteiger partial charge in [-0.2, -0.15) is 0 Å². The van der Waals surface area contributed by atoms with Gasteiger partial charge < -0.3 is 0 Å². The second-order valence-electron chi connectivity index (χ2n) is 2.07. The first-order valence-electron chi connectivity index (χ1n) is 3.43. The van der Waals surface area contributed by atoms with Crippen molar-refractivity contribution in [2.45, 2.75) is 32.6 Å². The van der Waals surface area contributed by atoms with Crippen molar-refractivity contribution >= 4 is 5.78 Å². The van der Waals surface area contributed by atoms with Gasteiger partial charge in [-0.25, -0.2) is 0 Å². The van der Waals surface area contributed by atoms with Crippen LogP contribution in [0.25, 0.3) is 0 Å². The highest BCUT2D eigenvalue weighted by Crippen LogP contribution is 1.98. The van der Waals surface area contributed by atoms with Crippen LogP contribution in [0.4, 0.5) is 0 Å². The van der Waals surface area contributed by atoms with Gasteiger partial charge >= 0.3 is 0 Å². The molecule has 1 heteroatoms. The lowest BCUT2D eigenvalue weighted by molar-refractivity contribution is -0.118. The molecule has 0 spiro atoms. The molecule has 0 saturated heterocycles. The molecule has 1 nitrogen and oxygen atoms in total. The summed E-state index contributed by atoms with van der Waals surface area (Å²) in [6.45, 7) is 5.47. The molecule has 0 atom stereocenters. The molecule has 52 valence electrons. The molecule has 0 aromatic heterocycles. The number of carbonyl (C=O) groups excluding carboxylic acids is 1. The fourth-order valence-electron chi connectivity index (χ4n) is 0.620. The van der Waals surface area contributed by atoms with Crippen molar-refractivity contribution in [3.63, 3.8) is 0 Å².